The van der Waals surface area contributed by atoms with Crippen LogP contribution in [0.1, 0.15) is 33.6 Å². The number of pyridine rings is 1. The topological polar surface area (TPSA) is 170 Å². The zero-order valence-corrected chi connectivity index (χ0v) is 24.2. The molecule has 7 aromatic rings. The smallest absolute Gasteiger partial charge is 0.259 e. The van der Waals surface area contributed by atoms with Crippen LogP contribution in [0.25, 0.3) is 0 Å². The molecule has 14 nitrogen and oxygen atoms in total. The lowest BCUT2D eigenvalue weighted by atomic mass is 9.70. The number of hydrogen-bond donors (Lipinski definition) is 1. The summed E-state index contributed by atoms with van der Waals surface area (Å²) < 4.78 is 16.8. The third kappa shape index (κ3) is 3.49. The highest BCUT2D eigenvalue weighted by Crippen LogP contribution is 2.66. The number of hydrogen-bond acceptors (Lipinski definition) is 16. The minimum absolute atomic E-state index is 0.307. The van der Waals surface area contributed by atoms with Crippen LogP contribution in [0.4, 0.5) is 5.82 Å². The fourth-order valence-corrected chi connectivity index (χ4v) is 7.56. The number of ether oxygens (including phenoxy) is 1. The van der Waals surface area contributed by atoms with Gasteiger partial charge in [0.2, 0.25) is 0 Å². The molecule has 3 unspecified atom stereocenters. The summed E-state index contributed by atoms with van der Waals surface area (Å²) in [7, 11) is 0. The molecule has 1 aliphatic rings. The van der Waals surface area contributed by atoms with Gasteiger partial charge in [-0.3, -0.25) is 10.00 Å². The van der Waals surface area contributed by atoms with Crippen LogP contribution in [0.5, 0.6) is 0 Å². The van der Waals surface area contributed by atoms with Gasteiger partial charge in [-0.2, -0.15) is 9.47 Å². The molecule has 0 saturated carbocycles. The van der Waals surface area contributed by atoms with Gasteiger partial charge in [0.1, 0.15) is 17.2 Å². The van der Waals surface area contributed by atoms with Crippen molar-refractivity contribution in [3.05, 3.63) is 129 Å². The quantitative estimate of drug-likeness (QED) is 0.275. The van der Waals surface area contributed by atoms with Crippen molar-refractivity contribution in [2.75, 3.05) is 4.90 Å². The second kappa shape index (κ2) is 10.1. The molecule has 17 heteroatoms. The van der Waals surface area contributed by atoms with Crippen LogP contribution in [0, 0.1) is 0 Å². The fraction of sp³-hybridized carbons (Fsp3) is 0.115. The van der Waals surface area contributed by atoms with E-state index >= 15 is 0 Å². The molecule has 0 aliphatic carbocycles. The summed E-state index contributed by atoms with van der Waals surface area (Å²) in [6.07, 6.45) is 9.98. The van der Waals surface area contributed by atoms with Gasteiger partial charge in [0.25, 0.3) is 5.72 Å². The maximum Gasteiger partial charge on any atom is 0.259 e. The Hall–Kier alpha value is -4.97. The average molecular weight is 624 g/mol. The van der Waals surface area contributed by atoms with E-state index in [-0.39, 0.29) is 0 Å². The highest BCUT2D eigenvalue weighted by molar-refractivity contribution is 7.09. The highest BCUT2D eigenvalue weighted by Gasteiger charge is 2.78. The third-order valence-electron chi connectivity index (χ3n) is 7.21. The Morgan fingerprint density at radius 3 is 2.37 bits per heavy atom. The average Bonchev–Trinajstić information content (AvgIpc) is 3.92. The molecule has 7 aromatic heterocycles. The summed E-state index contributed by atoms with van der Waals surface area (Å²) in [6, 6.07) is 12.9. The van der Waals surface area contributed by atoms with Crippen LogP contribution < -0.4 is 4.90 Å². The number of rotatable bonds is 7. The third-order valence-corrected chi connectivity index (χ3v) is 9.14. The molecule has 8 rings (SSSR count). The Labute approximate surface area is 254 Å². The predicted molar refractivity (Wildman–Crippen MR) is 155 cm³/mol. The number of aromatic amines is 1. The zero-order chi connectivity index (χ0) is 28.7. The number of nitrogens with zero attached hydrogens (tertiary/aromatic N) is 12. The maximum atomic E-state index is 7.64. The normalized spacial score (nSPS) is 23.5. The predicted octanol–water partition coefficient (Wildman–Crippen LogP) is 3.17. The first-order valence-corrected chi connectivity index (χ1v) is 15.3. The summed E-state index contributed by atoms with van der Waals surface area (Å²) in [5.74, 6) is 0.806. The van der Waals surface area contributed by atoms with Crippen LogP contribution in [0.3, 0.4) is 0 Å². The number of nitrogens with one attached hydrogen (secondary N) is 1. The second-order valence-corrected chi connectivity index (χ2v) is 11.4. The van der Waals surface area contributed by atoms with Gasteiger partial charge in [-0.1, -0.05) is 10.6 Å². The molecule has 3 atom stereocenters. The maximum absolute atomic E-state index is 7.64. The molecule has 0 bridgehead atoms. The second-order valence-electron chi connectivity index (χ2n) is 9.22. The van der Waals surface area contributed by atoms with Crippen molar-refractivity contribution < 1.29 is 4.74 Å². The molecule has 1 saturated heterocycles. The van der Waals surface area contributed by atoms with Gasteiger partial charge in [-0.05, 0) is 64.7 Å². The lowest BCUT2D eigenvalue weighted by Crippen LogP contribution is -2.59. The lowest BCUT2D eigenvalue weighted by molar-refractivity contribution is -0.0884. The van der Waals surface area contributed by atoms with Crippen molar-refractivity contribution >= 4 is 40.2 Å². The largest absolute Gasteiger partial charge is 0.319 e. The Balaban J connectivity index is 1.65. The van der Waals surface area contributed by atoms with Gasteiger partial charge in [0.15, 0.2) is 22.0 Å². The van der Waals surface area contributed by atoms with Crippen molar-refractivity contribution in [1.82, 2.24) is 59.5 Å². The van der Waals surface area contributed by atoms with Gasteiger partial charge in [0.05, 0.1) is 17.6 Å². The molecular weight excluding hydrogens is 607 g/mol. The Kier molecular flexibility index (Phi) is 6.03. The van der Waals surface area contributed by atoms with Crippen LogP contribution >= 0.6 is 34.4 Å². The van der Waals surface area contributed by atoms with Gasteiger partial charge in [0, 0.05) is 47.1 Å². The van der Waals surface area contributed by atoms with E-state index in [1.54, 1.807) is 49.3 Å². The van der Waals surface area contributed by atoms with Crippen molar-refractivity contribution in [2.24, 2.45) is 0 Å². The zero-order valence-electron chi connectivity index (χ0n) is 21.7. The Bertz CT molecular complexity index is 1880. The van der Waals surface area contributed by atoms with Crippen LogP contribution in [-0.4, -0.2) is 59.5 Å². The van der Waals surface area contributed by atoms with Gasteiger partial charge < -0.3 is 4.74 Å². The summed E-state index contributed by atoms with van der Waals surface area (Å²) in [4.78, 5) is 21.2. The van der Waals surface area contributed by atoms with Crippen molar-refractivity contribution in [2.45, 2.75) is 16.9 Å². The van der Waals surface area contributed by atoms with Crippen LogP contribution in [0.2, 0.25) is 0 Å². The number of anilines is 1. The molecule has 210 valence electrons. The van der Waals surface area contributed by atoms with Crippen molar-refractivity contribution in [3.63, 3.8) is 0 Å². The van der Waals surface area contributed by atoms with E-state index in [1.165, 1.54) is 34.4 Å². The highest BCUT2D eigenvalue weighted by atomic mass is 32.1. The van der Waals surface area contributed by atoms with Gasteiger partial charge in [-0.15, -0.1) is 26.6 Å². The van der Waals surface area contributed by atoms with E-state index < -0.39 is 16.9 Å². The summed E-state index contributed by atoms with van der Waals surface area (Å²) in [6.45, 7) is 0. The summed E-state index contributed by atoms with van der Waals surface area (Å²) in [5, 5.41) is 31.1. The lowest BCUT2D eigenvalue weighted by Gasteiger charge is -2.46. The molecule has 0 spiro atoms. The summed E-state index contributed by atoms with van der Waals surface area (Å²) in [5.41, 5.74) is -2.68. The molecular formula is C26H17N13OS3. The minimum Gasteiger partial charge on any atom is -0.319 e. The molecule has 1 fully saturated rings. The van der Waals surface area contributed by atoms with Crippen LogP contribution in [-0.2, 0) is 21.6 Å². The fourth-order valence-electron chi connectivity index (χ4n) is 5.75. The van der Waals surface area contributed by atoms with Crippen molar-refractivity contribution in [3.8, 4) is 0 Å². The first-order valence-electron chi connectivity index (χ1n) is 12.7. The molecule has 1 N–H and O–H groups in total. The first-order chi connectivity index (χ1) is 21.3. The molecule has 1 aliphatic heterocycles. The molecule has 43 heavy (non-hydrogen) atoms. The molecule has 0 amide bonds. The van der Waals surface area contributed by atoms with Crippen molar-refractivity contribution in [1.29, 1.82) is 0 Å². The Morgan fingerprint density at radius 1 is 0.767 bits per heavy atom. The van der Waals surface area contributed by atoms with Gasteiger partial charge >= 0.3 is 0 Å². The van der Waals surface area contributed by atoms with Gasteiger partial charge in [-0.25, -0.2) is 19.9 Å². The SMILES string of the molecule is c1ccc(N2C(c3ncccn3)(c3nccs3)OC(c3csnn3)(c3ccsn3)C2(c2ccnnn2)c2ccn[nH]2)nc1. The molecule has 0 aromatic carbocycles. The molecule has 0 radical (unpaired) electrons. The van der Waals surface area contributed by atoms with E-state index in [9.17, 15) is 0 Å². The summed E-state index contributed by atoms with van der Waals surface area (Å²) >= 11 is 3.86. The van der Waals surface area contributed by atoms with E-state index in [2.05, 4.69) is 35.2 Å². The number of thiazole rings is 1. The monoisotopic (exact) mass is 623 g/mol. The van der Waals surface area contributed by atoms with E-state index in [1.807, 2.05) is 51.4 Å². The van der Waals surface area contributed by atoms with E-state index in [4.69, 9.17) is 29.0 Å². The molecule has 8 heterocycles. The minimum atomic E-state index is -1.62. The Morgan fingerprint density at radius 2 is 1.70 bits per heavy atom. The van der Waals surface area contributed by atoms with E-state index in [0.29, 0.717) is 39.4 Å². The van der Waals surface area contributed by atoms with E-state index in [0.717, 1.165) is 0 Å². The first kappa shape index (κ1) is 25.7. The standard InChI is InChI=1S/C26H17N13OS3/c1-2-8-27-21(4-1)39-24(17-5-11-31-33-17,18-6-12-32-37-34-18)25(19-7-14-42-36-19,20-16-43-38-35-20)40-26(39,23-30-13-15-41-23)22-28-9-3-10-29-22/h1-16H,(H,31,33). The van der Waals surface area contributed by atoms with Crippen LogP contribution in [0.15, 0.2) is 95.8 Å². The number of H-pyrrole nitrogens is 1. The number of aromatic nitrogens is 12.